The molecule has 0 spiro atoms. The minimum Gasteiger partial charge on any atom is -0.352 e. The summed E-state index contributed by atoms with van der Waals surface area (Å²) >= 11 is 6.02. The van der Waals surface area contributed by atoms with Gasteiger partial charge in [-0.05, 0) is 43.2 Å². The van der Waals surface area contributed by atoms with E-state index in [9.17, 15) is 9.59 Å². The lowest BCUT2D eigenvalue weighted by Gasteiger charge is -2.09. The minimum atomic E-state index is -0.172. The van der Waals surface area contributed by atoms with Gasteiger partial charge in [0.25, 0.3) is 5.91 Å². The number of halogens is 1. The average Bonchev–Trinajstić information content (AvgIpc) is 2.51. The van der Waals surface area contributed by atoms with Crippen LogP contribution in [-0.2, 0) is 4.79 Å². The predicted molar refractivity (Wildman–Crippen MR) is 92.9 cm³/mol. The van der Waals surface area contributed by atoms with E-state index in [1.165, 1.54) is 0 Å². The molecule has 0 bridgehead atoms. The molecule has 0 radical (unpaired) electrons. The van der Waals surface area contributed by atoms with Crippen LogP contribution >= 0.6 is 11.6 Å². The number of carbonyl (C=O) groups is 2. The quantitative estimate of drug-likeness (QED) is 0.878. The highest BCUT2D eigenvalue weighted by Gasteiger charge is 2.09. The lowest BCUT2D eigenvalue weighted by atomic mass is 10.1. The van der Waals surface area contributed by atoms with Gasteiger partial charge in [0.15, 0.2) is 0 Å². The van der Waals surface area contributed by atoms with Crippen molar-refractivity contribution in [3.63, 3.8) is 0 Å². The van der Waals surface area contributed by atoms with E-state index in [0.717, 1.165) is 11.1 Å². The Morgan fingerprint density at radius 1 is 1.04 bits per heavy atom. The first-order chi connectivity index (χ1) is 11.0. The van der Waals surface area contributed by atoms with Crippen molar-refractivity contribution in [1.82, 2.24) is 5.32 Å². The monoisotopic (exact) mass is 330 g/mol. The van der Waals surface area contributed by atoms with Gasteiger partial charge >= 0.3 is 0 Å². The van der Waals surface area contributed by atoms with Crippen molar-refractivity contribution in [3.05, 3.63) is 64.2 Å². The second kappa shape index (κ2) is 7.79. The zero-order valence-corrected chi connectivity index (χ0v) is 13.9. The summed E-state index contributed by atoms with van der Waals surface area (Å²) in [5.74, 6) is -0.343. The SMILES string of the molecule is Cc1ccc(NC(=O)CCNC(=O)c2ccccc2C)cc1Cl. The van der Waals surface area contributed by atoms with Crippen LogP contribution in [0.1, 0.15) is 27.9 Å². The van der Waals surface area contributed by atoms with Crippen LogP contribution in [0, 0.1) is 13.8 Å². The summed E-state index contributed by atoms with van der Waals surface area (Å²) in [7, 11) is 0. The first kappa shape index (κ1) is 17.0. The van der Waals surface area contributed by atoms with Gasteiger partial charge in [0.2, 0.25) is 5.91 Å². The number of rotatable bonds is 5. The Labute approximate surface area is 140 Å². The van der Waals surface area contributed by atoms with Gasteiger partial charge in [-0.3, -0.25) is 9.59 Å². The summed E-state index contributed by atoms with van der Waals surface area (Å²) < 4.78 is 0. The molecule has 23 heavy (non-hydrogen) atoms. The van der Waals surface area contributed by atoms with Gasteiger partial charge in [-0.1, -0.05) is 35.9 Å². The molecule has 0 saturated heterocycles. The lowest BCUT2D eigenvalue weighted by molar-refractivity contribution is -0.116. The maximum Gasteiger partial charge on any atom is 0.251 e. The Morgan fingerprint density at radius 2 is 1.78 bits per heavy atom. The van der Waals surface area contributed by atoms with Crippen LogP contribution in [-0.4, -0.2) is 18.4 Å². The molecule has 2 N–H and O–H groups in total. The van der Waals surface area contributed by atoms with Gasteiger partial charge in [0, 0.05) is 29.2 Å². The van der Waals surface area contributed by atoms with E-state index in [1.54, 1.807) is 18.2 Å². The molecule has 0 saturated carbocycles. The molecular weight excluding hydrogens is 312 g/mol. The summed E-state index contributed by atoms with van der Waals surface area (Å²) in [5.41, 5.74) is 3.13. The van der Waals surface area contributed by atoms with E-state index in [1.807, 2.05) is 38.1 Å². The van der Waals surface area contributed by atoms with Crippen LogP contribution in [0.4, 0.5) is 5.69 Å². The highest BCUT2D eigenvalue weighted by Crippen LogP contribution is 2.19. The van der Waals surface area contributed by atoms with Crippen molar-refractivity contribution in [3.8, 4) is 0 Å². The van der Waals surface area contributed by atoms with Crippen molar-refractivity contribution in [2.45, 2.75) is 20.3 Å². The molecule has 2 aromatic rings. The molecule has 2 rings (SSSR count). The van der Waals surface area contributed by atoms with E-state index < -0.39 is 0 Å². The Bertz CT molecular complexity index is 729. The molecular formula is C18H19ClN2O2. The second-order valence-corrected chi connectivity index (χ2v) is 5.74. The molecule has 2 aromatic carbocycles. The molecule has 0 aliphatic carbocycles. The van der Waals surface area contributed by atoms with Crippen LogP contribution in [0.25, 0.3) is 0 Å². The molecule has 120 valence electrons. The van der Waals surface area contributed by atoms with E-state index in [-0.39, 0.29) is 24.8 Å². The van der Waals surface area contributed by atoms with Gasteiger partial charge in [0.1, 0.15) is 0 Å². The zero-order valence-electron chi connectivity index (χ0n) is 13.2. The van der Waals surface area contributed by atoms with Crippen LogP contribution in [0.15, 0.2) is 42.5 Å². The number of carbonyl (C=O) groups excluding carboxylic acids is 2. The zero-order chi connectivity index (χ0) is 16.8. The average molecular weight is 331 g/mol. The van der Waals surface area contributed by atoms with Gasteiger partial charge in [0.05, 0.1) is 0 Å². The number of hydrogen-bond acceptors (Lipinski definition) is 2. The molecule has 0 heterocycles. The van der Waals surface area contributed by atoms with Gasteiger partial charge in [-0.15, -0.1) is 0 Å². The van der Waals surface area contributed by atoms with E-state index in [2.05, 4.69) is 10.6 Å². The molecule has 5 heteroatoms. The fourth-order valence-electron chi connectivity index (χ4n) is 2.11. The van der Waals surface area contributed by atoms with E-state index >= 15 is 0 Å². The third-order valence-corrected chi connectivity index (χ3v) is 3.89. The summed E-state index contributed by atoms with van der Waals surface area (Å²) in [6.07, 6.45) is 0.198. The Morgan fingerprint density at radius 3 is 2.48 bits per heavy atom. The lowest BCUT2D eigenvalue weighted by Crippen LogP contribution is -2.28. The summed E-state index contributed by atoms with van der Waals surface area (Å²) in [5, 5.41) is 6.12. The number of benzene rings is 2. The minimum absolute atomic E-state index is 0.171. The maximum absolute atomic E-state index is 12.0. The highest BCUT2D eigenvalue weighted by atomic mass is 35.5. The third-order valence-electron chi connectivity index (χ3n) is 3.48. The largest absolute Gasteiger partial charge is 0.352 e. The normalized spacial score (nSPS) is 10.2. The second-order valence-electron chi connectivity index (χ2n) is 5.33. The number of anilines is 1. The van der Waals surface area contributed by atoms with Gasteiger partial charge in [-0.25, -0.2) is 0 Å². The van der Waals surface area contributed by atoms with E-state index in [4.69, 9.17) is 11.6 Å². The first-order valence-electron chi connectivity index (χ1n) is 7.37. The topological polar surface area (TPSA) is 58.2 Å². The molecule has 0 aliphatic heterocycles. The predicted octanol–water partition coefficient (Wildman–Crippen LogP) is 3.72. The molecule has 0 fully saturated rings. The Balaban J connectivity index is 1.82. The molecule has 4 nitrogen and oxygen atoms in total. The fraction of sp³-hybridized carbons (Fsp3) is 0.222. The van der Waals surface area contributed by atoms with Gasteiger partial charge in [-0.2, -0.15) is 0 Å². The van der Waals surface area contributed by atoms with Crippen molar-refractivity contribution in [2.75, 3.05) is 11.9 Å². The van der Waals surface area contributed by atoms with Crippen LogP contribution in [0.2, 0.25) is 5.02 Å². The summed E-state index contributed by atoms with van der Waals surface area (Å²) in [6.45, 7) is 4.05. The fourth-order valence-corrected chi connectivity index (χ4v) is 2.29. The number of aryl methyl sites for hydroxylation is 2. The standard InChI is InChI=1S/C18H19ClN2O2/c1-12-5-3-4-6-15(12)18(23)20-10-9-17(22)21-14-8-7-13(2)16(19)11-14/h3-8,11H,9-10H2,1-2H3,(H,20,23)(H,21,22). The van der Waals surface area contributed by atoms with Gasteiger partial charge < -0.3 is 10.6 Å². The molecule has 0 atom stereocenters. The van der Waals surface area contributed by atoms with Crippen LogP contribution in [0.5, 0.6) is 0 Å². The number of hydrogen-bond donors (Lipinski definition) is 2. The number of amides is 2. The highest BCUT2D eigenvalue weighted by molar-refractivity contribution is 6.31. The number of nitrogens with one attached hydrogen (secondary N) is 2. The van der Waals surface area contributed by atoms with Crippen molar-refractivity contribution < 1.29 is 9.59 Å². The summed E-state index contributed by atoms with van der Waals surface area (Å²) in [4.78, 5) is 23.9. The van der Waals surface area contributed by atoms with E-state index in [0.29, 0.717) is 16.3 Å². The van der Waals surface area contributed by atoms with Crippen molar-refractivity contribution in [1.29, 1.82) is 0 Å². The third kappa shape index (κ3) is 4.83. The molecule has 0 unspecified atom stereocenters. The molecule has 0 aromatic heterocycles. The molecule has 0 aliphatic rings. The van der Waals surface area contributed by atoms with Crippen molar-refractivity contribution in [2.24, 2.45) is 0 Å². The maximum atomic E-state index is 12.0. The molecule has 2 amide bonds. The summed E-state index contributed by atoms with van der Waals surface area (Å²) in [6, 6.07) is 12.7. The Hall–Kier alpha value is -2.33. The van der Waals surface area contributed by atoms with Crippen LogP contribution < -0.4 is 10.6 Å². The van der Waals surface area contributed by atoms with Crippen LogP contribution in [0.3, 0.4) is 0 Å². The first-order valence-corrected chi connectivity index (χ1v) is 7.75. The Kier molecular flexibility index (Phi) is 5.77. The smallest absolute Gasteiger partial charge is 0.251 e. The van der Waals surface area contributed by atoms with Crippen molar-refractivity contribution >= 4 is 29.1 Å².